The molecule has 0 saturated carbocycles. The molecule has 4 nitrogen and oxygen atoms in total. The molecule has 4 saturated heterocycles. The third-order valence-electron chi connectivity index (χ3n) is 8.65. The highest BCUT2D eigenvalue weighted by atomic mass is 32.1. The van der Waals surface area contributed by atoms with Crippen molar-refractivity contribution in [3.63, 3.8) is 0 Å². The maximum atomic E-state index is 13.9. The minimum absolute atomic E-state index is 0.0404. The van der Waals surface area contributed by atoms with E-state index in [1.807, 2.05) is 29.5 Å². The molecule has 0 amide bonds. The second kappa shape index (κ2) is 9.52. The van der Waals surface area contributed by atoms with Gasteiger partial charge >= 0.3 is 5.97 Å². The van der Waals surface area contributed by atoms with E-state index in [-0.39, 0.29) is 12.1 Å². The number of hydrogen-bond donors (Lipinski definition) is 0. The lowest BCUT2D eigenvalue weighted by Crippen LogP contribution is -2.65. The molecule has 0 aliphatic carbocycles. The number of nitrogens with zero attached hydrogens (tertiary/aromatic N) is 2. The maximum Gasteiger partial charge on any atom is 0.331 e. The molecule has 4 fully saturated rings. The number of carbonyl (C=O) groups is 1. The van der Waals surface area contributed by atoms with Crippen LogP contribution in [0, 0.1) is 12.8 Å². The fourth-order valence-corrected chi connectivity index (χ4v) is 7.30. The van der Waals surface area contributed by atoms with Crippen molar-refractivity contribution < 1.29 is 14.0 Å². The van der Waals surface area contributed by atoms with Crippen molar-refractivity contribution in [1.82, 2.24) is 4.90 Å². The van der Waals surface area contributed by atoms with Crippen LogP contribution in [0.1, 0.15) is 54.3 Å². The zero-order valence-corrected chi connectivity index (χ0v) is 21.1. The van der Waals surface area contributed by atoms with Gasteiger partial charge in [-0.3, -0.25) is 4.90 Å². The summed E-state index contributed by atoms with van der Waals surface area (Å²) >= 11 is 1.93. The number of hydrogen-bond acceptors (Lipinski definition) is 4. The highest BCUT2D eigenvalue weighted by molar-refractivity contribution is 7.11. The first kappa shape index (κ1) is 23.1. The molecule has 6 rings (SSSR count). The molecule has 1 aromatic heterocycles. The van der Waals surface area contributed by atoms with Gasteiger partial charge in [0.2, 0.25) is 0 Å². The molecule has 178 valence electrons. The van der Waals surface area contributed by atoms with E-state index in [0.717, 1.165) is 48.9 Å². The van der Waals surface area contributed by atoms with E-state index in [1.165, 1.54) is 48.7 Å². The van der Waals surface area contributed by atoms with Crippen LogP contribution in [0.3, 0.4) is 0 Å². The first-order valence-electron chi connectivity index (χ1n) is 12.9. The summed E-state index contributed by atoms with van der Waals surface area (Å²) in [6.45, 7) is 10.9. The molecule has 5 heteroatoms. The Labute approximate surface area is 203 Å². The van der Waals surface area contributed by atoms with Crippen molar-refractivity contribution in [3.8, 4) is 0 Å². The van der Waals surface area contributed by atoms with Crippen molar-refractivity contribution in [1.29, 1.82) is 0 Å². The van der Waals surface area contributed by atoms with Gasteiger partial charge in [-0.15, -0.1) is 11.3 Å². The second-order valence-corrected chi connectivity index (χ2v) is 12.1. The Kier molecular flexibility index (Phi) is 6.65. The lowest BCUT2D eigenvalue weighted by molar-refractivity contribution is -0.946. The molecular formula is C28H39N2O2S+. The Balaban J connectivity index is 1.32. The van der Waals surface area contributed by atoms with E-state index in [4.69, 9.17) is 4.74 Å². The predicted octanol–water partition coefficient (Wildman–Crippen LogP) is 5.15. The van der Waals surface area contributed by atoms with Crippen molar-refractivity contribution in [2.75, 3.05) is 39.3 Å². The van der Waals surface area contributed by atoms with Crippen LogP contribution in [0.4, 0.5) is 0 Å². The Hall–Kier alpha value is -1.69. The number of fused-ring (bicyclic) bond motifs is 3. The number of ether oxygens (including phenoxy) is 1. The molecule has 2 bridgehead atoms. The molecular weight excluding hydrogens is 428 g/mol. The number of quaternary nitrogens is 1. The second-order valence-electron chi connectivity index (χ2n) is 10.7. The summed E-state index contributed by atoms with van der Waals surface area (Å²) in [6, 6.07) is 14.8. The highest BCUT2D eigenvalue weighted by Gasteiger charge is 2.50. The fourth-order valence-electron chi connectivity index (χ4n) is 6.42. The molecule has 1 aromatic carbocycles. The fraction of sp³-hybridized carbons (Fsp3) is 0.607. The van der Waals surface area contributed by atoms with E-state index >= 15 is 0 Å². The number of piperidine rings is 4. The quantitative estimate of drug-likeness (QED) is 0.416. The molecule has 0 radical (unpaired) electrons. The van der Waals surface area contributed by atoms with Gasteiger partial charge in [-0.1, -0.05) is 36.8 Å². The van der Waals surface area contributed by atoms with Gasteiger partial charge < -0.3 is 9.22 Å². The number of carbonyl (C=O) groups excluding carboxylic acids is 1. The van der Waals surface area contributed by atoms with E-state index in [2.05, 4.69) is 43.0 Å². The van der Waals surface area contributed by atoms with Crippen LogP contribution in [-0.2, 0) is 21.5 Å². The van der Waals surface area contributed by atoms with Crippen LogP contribution in [0.15, 0.2) is 42.5 Å². The third-order valence-corrected chi connectivity index (χ3v) is 9.71. The number of aryl methyl sites for hydroxylation is 1. The van der Waals surface area contributed by atoms with Crippen LogP contribution < -0.4 is 0 Å². The SMILES string of the molecule is Cc1ccc(CC[N+]23CCC(CC2)[C@@H](OC(=O)[C@](C)(c2ccccc2)N2CCCCC2)C3)s1. The summed E-state index contributed by atoms with van der Waals surface area (Å²) < 4.78 is 7.61. The van der Waals surface area contributed by atoms with Crippen LogP contribution in [-0.4, -0.2) is 60.7 Å². The number of benzene rings is 1. The van der Waals surface area contributed by atoms with Gasteiger partial charge in [0, 0.05) is 34.9 Å². The highest BCUT2D eigenvalue weighted by Crippen LogP contribution is 2.39. The monoisotopic (exact) mass is 467 g/mol. The number of rotatable bonds is 7. The first-order valence-corrected chi connectivity index (χ1v) is 13.7. The van der Waals surface area contributed by atoms with Crippen molar-refractivity contribution in [2.45, 2.75) is 64.0 Å². The number of esters is 1. The van der Waals surface area contributed by atoms with Crippen molar-refractivity contribution in [2.24, 2.45) is 5.92 Å². The van der Waals surface area contributed by atoms with Gasteiger partial charge in [-0.25, -0.2) is 4.79 Å². The van der Waals surface area contributed by atoms with Gasteiger partial charge in [0.1, 0.15) is 12.1 Å². The van der Waals surface area contributed by atoms with Gasteiger partial charge in [-0.05, 0) is 57.5 Å². The summed E-state index contributed by atoms with van der Waals surface area (Å²) in [5, 5.41) is 0. The van der Waals surface area contributed by atoms with Crippen molar-refractivity contribution >= 4 is 17.3 Å². The summed E-state index contributed by atoms with van der Waals surface area (Å²) in [6.07, 6.45) is 7.14. The minimum atomic E-state index is -0.701. The van der Waals surface area contributed by atoms with E-state index in [0.29, 0.717) is 5.92 Å². The lowest BCUT2D eigenvalue weighted by Gasteiger charge is -2.52. The average Bonchev–Trinajstić information content (AvgIpc) is 3.29. The topological polar surface area (TPSA) is 29.5 Å². The van der Waals surface area contributed by atoms with Crippen LogP contribution in [0.5, 0.6) is 0 Å². The van der Waals surface area contributed by atoms with E-state index < -0.39 is 5.54 Å². The molecule has 33 heavy (non-hydrogen) atoms. The third kappa shape index (κ3) is 4.65. The minimum Gasteiger partial charge on any atom is -0.454 e. The first-order chi connectivity index (χ1) is 16.0. The normalized spacial score (nSPS) is 29.5. The molecule has 4 aliphatic heterocycles. The zero-order valence-electron chi connectivity index (χ0n) is 20.3. The Bertz CT molecular complexity index is 944. The molecule has 4 aliphatic rings. The van der Waals surface area contributed by atoms with Crippen LogP contribution in [0.25, 0.3) is 0 Å². The summed E-state index contributed by atoms with van der Waals surface area (Å²) in [4.78, 5) is 19.2. The summed E-state index contributed by atoms with van der Waals surface area (Å²) in [7, 11) is 0. The Morgan fingerprint density at radius 2 is 1.82 bits per heavy atom. The molecule has 0 unspecified atom stereocenters. The summed E-state index contributed by atoms with van der Waals surface area (Å²) in [5.74, 6) is 0.487. The van der Waals surface area contributed by atoms with Gasteiger partial charge in [0.15, 0.2) is 6.10 Å². The Morgan fingerprint density at radius 3 is 2.48 bits per heavy atom. The predicted molar refractivity (Wildman–Crippen MR) is 134 cm³/mol. The smallest absolute Gasteiger partial charge is 0.331 e. The largest absolute Gasteiger partial charge is 0.454 e. The average molecular weight is 468 g/mol. The van der Waals surface area contributed by atoms with Gasteiger partial charge in [-0.2, -0.15) is 0 Å². The molecule has 0 N–H and O–H groups in total. The van der Waals surface area contributed by atoms with Gasteiger partial charge in [0.25, 0.3) is 0 Å². The van der Waals surface area contributed by atoms with E-state index in [9.17, 15) is 4.79 Å². The van der Waals surface area contributed by atoms with Gasteiger partial charge in [0.05, 0.1) is 19.6 Å². The van der Waals surface area contributed by atoms with Crippen LogP contribution in [0.2, 0.25) is 0 Å². The number of thiophene rings is 1. The Morgan fingerprint density at radius 1 is 1.09 bits per heavy atom. The van der Waals surface area contributed by atoms with E-state index in [1.54, 1.807) is 0 Å². The lowest BCUT2D eigenvalue weighted by atomic mass is 9.82. The molecule has 0 spiro atoms. The molecule has 2 atom stereocenters. The molecule has 5 heterocycles. The number of likely N-dealkylation sites (tertiary alicyclic amines) is 1. The maximum absolute atomic E-state index is 13.9. The van der Waals surface area contributed by atoms with Crippen LogP contribution >= 0.6 is 11.3 Å². The summed E-state index contributed by atoms with van der Waals surface area (Å²) in [5.41, 5.74) is 0.364. The molecule has 2 aromatic rings. The standard InChI is InChI=1S/C28H39N2O2S/c1-22-11-12-25(33-22)15-20-30-18-13-23(14-19-30)26(21-30)32-27(31)28(2,24-9-5-3-6-10-24)29-16-7-4-8-17-29/h3,5-6,9-12,23,26H,4,7-8,13-21H2,1-2H3/q+1/t23?,26-,28-,30?/m0/s1. The zero-order chi connectivity index (χ0) is 22.9. The van der Waals surface area contributed by atoms with Crippen molar-refractivity contribution in [3.05, 3.63) is 57.8 Å².